The predicted octanol–water partition coefficient (Wildman–Crippen LogP) is 6.49. The first kappa shape index (κ1) is 17.3. The zero-order chi connectivity index (χ0) is 15.2. The van der Waals surface area contributed by atoms with E-state index >= 15 is 0 Å². The molecule has 112 valence electrons. The van der Waals surface area contributed by atoms with Crippen molar-refractivity contribution in [2.75, 3.05) is 13.2 Å². The van der Waals surface area contributed by atoms with E-state index in [1.165, 1.54) is 0 Å². The van der Waals surface area contributed by atoms with Crippen molar-refractivity contribution >= 4 is 55.1 Å². The molecule has 2 rings (SSSR count). The number of hydrogen-bond donors (Lipinski definition) is 0. The smallest absolute Gasteiger partial charge is 0.0819 e. The summed E-state index contributed by atoms with van der Waals surface area (Å²) in [5.41, 5.74) is 2.07. The molecule has 2 aromatic carbocycles. The molecule has 0 amide bonds. The third-order valence-electron chi connectivity index (χ3n) is 2.99. The van der Waals surface area contributed by atoms with Gasteiger partial charge in [0.2, 0.25) is 0 Å². The molecule has 0 spiro atoms. The Hall–Kier alpha value is -0.0600. The highest BCUT2D eigenvalue weighted by atomic mass is 79.9. The third kappa shape index (κ3) is 5.57. The molecule has 5 heteroatoms. The van der Waals surface area contributed by atoms with E-state index in [4.69, 9.17) is 27.9 Å². The Morgan fingerprint density at radius 2 is 1.05 bits per heavy atom. The number of alkyl halides is 2. The van der Waals surface area contributed by atoms with Crippen molar-refractivity contribution in [2.45, 2.75) is 10.8 Å². The highest BCUT2D eigenvalue weighted by Gasteiger charge is 2.11. The first-order valence-corrected chi connectivity index (χ1v) is 8.89. The van der Waals surface area contributed by atoms with Gasteiger partial charge in [0.05, 0.1) is 24.0 Å². The lowest BCUT2D eigenvalue weighted by Crippen LogP contribution is -2.07. The third-order valence-corrected chi connectivity index (χ3v) is 4.81. The molecule has 0 radical (unpaired) electrons. The summed E-state index contributed by atoms with van der Waals surface area (Å²) in [4.78, 5) is 0. The summed E-state index contributed by atoms with van der Waals surface area (Å²) in [6.45, 7) is 0.867. The molecule has 1 nitrogen and oxygen atoms in total. The molecular formula is C16H14Br2Cl2O. The van der Waals surface area contributed by atoms with E-state index in [2.05, 4.69) is 31.9 Å². The largest absolute Gasteiger partial charge is 0.378 e. The first-order chi connectivity index (χ1) is 10.1. The predicted molar refractivity (Wildman–Crippen MR) is 96.3 cm³/mol. The zero-order valence-electron chi connectivity index (χ0n) is 11.1. The number of rotatable bonds is 6. The van der Waals surface area contributed by atoms with Gasteiger partial charge in [-0.05, 0) is 35.4 Å². The van der Waals surface area contributed by atoms with Gasteiger partial charge in [-0.3, -0.25) is 0 Å². The van der Waals surface area contributed by atoms with Gasteiger partial charge < -0.3 is 4.74 Å². The van der Waals surface area contributed by atoms with E-state index in [1.807, 2.05) is 48.5 Å². The van der Waals surface area contributed by atoms with Crippen LogP contribution in [0.3, 0.4) is 0 Å². The summed E-state index contributed by atoms with van der Waals surface area (Å²) in [7, 11) is 0. The molecule has 21 heavy (non-hydrogen) atoms. The van der Waals surface area contributed by atoms with Gasteiger partial charge in [-0.15, -0.1) is 23.2 Å². The maximum absolute atomic E-state index is 6.32. The van der Waals surface area contributed by atoms with Gasteiger partial charge in [0.15, 0.2) is 0 Å². The van der Waals surface area contributed by atoms with Crippen molar-refractivity contribution in [3.63, 3.8) is 0 Å². The van der Waals surface area contributed by atoms with Gasteiger partial charge in [0, 0.05) is 8.95 Å². The molecule has 0 aliphatic heterocycles. The molecule has 0 heterocycles. The minimum absolute atomic E-state index is 0.174. The lowest BCUT2D eigenvalue weighted by atomic mass is 10.1. The zero-order valence-corrected chi connectivity index (χ0v) is 15.8. The number of halogens is 4. The van der Waals surface area contributed by atoms with Crippen LogP contribution in [0.25, 0.3) is 0 Å². The maximum atomic E-state index is 6.32. The van der Waals surface area contributed by atoms with Gasteiger partial charge >= 0.3 is 0 Å². The average Bonchev–Trinajstić information content (AvgIpc) is 2.48. The lowest BCUT2D eigenvalue weighted by molar-refractivity contribution is 0.134. The summed E-state index contributed by atoms with van der Waals surface area (Å²) in [6, 6.07) is 15.8. The molecule has 0 N–H and O–H groups in total. The molecule has 0 saturated heterocycles. The number of hydrogen-bond acceptors (Lipinski definition) is 1. The van der Waals surface area contributed by atoms with Crippen LogP contribution in [0.1, 0.15) is 21.9 Å². The summed E-state index contributed by atoms with van der Waals surface area (Å²) in [5, 5.41) is -0.348. The average molecular weight is 453 g/mol. The van der Waals surface area contributed by atoms with Gasteiger partial charge in [-0.25, -0.2) is 0 Å². The van der Waals surface area contributed by atoms with E-state index in [9.17, 15) is 0 Å². The van der Waals surface area contributed by atoms with E-state index in [0.29, 0.717) is 13.2 Å². The summed E-state index contributed by atoms with van der Waals surface area (Å²) in [6.07, 6.45) is 0. The molecule has 0 aromatic heterocycles. The Bertz CT molecular complexity index is 506. The van der Waals surface area contributed by atoms with E-state index in [0.717, 1.165) is 20.1 Å². The second kappa shape index (κ2) is 8.54. The summed E-state index contributed by atoms with van der Waals surface area (Å²) < 4.78 is 7.71. The molecule has 0 aliphatic carbocycles. The monoisotopic (exact) mass is 450 g/mol. The molecule has 0 aliphatic rings. The maximum Gasteiger partial charge on any atom is 0.0819 e. The fraction of sp³-hybridized carbons (Fsp3) is 0.250. The van der Waals surface area contributed by atoms with Crippen molar-refractivity contribution in [3.05, 3.63) is 68.6 Å². The second-order valence-corrected chi connectivity index (χ2v) is 7.46. The standard InChI is InChI=1S/C16H14Br2Cl2O/c17-13-5-1-11(2-6-13)15(19)9-21-10-16(20)12-3-7-14(18)8-4-12/h1-8,15-16H,9-10H2. The Morgan fingerprint density at radius 1 is 0.714 bits per heavy atom. The fourth-order valence-corrected chi connectivity index (χ4v) is 2.81. The minimum Gasteiger partial charge on any atom is -0.378 e. The fourth-order valence-electron chi connectivity index (χ4n) is 1.81. The number of benzene rings is 2. The van der Waals surface area contributed by atoms with Gasteiger partial charge in [-0.2, -0.15) is 0 Å². The van der Waals surface area contributed by atoms with Crippen LogP contribution in [0.2, 0.25) is 0 Å². The molecule has 0 fully saturated rings. The lowest BCUT2D eigenvalue weighted by Gasteiger charge is -2.14. The highest BCUT2D eigenvalue weighted by Crippen LogP contribution is 2.25. The number of ether oxygens (including phenoxy) is 1. The van der Waals surface area contributed by atoms with Crippen molar-refractivity contribution in [1.82, 2.24) is 0 Å². The molecule has 0 saturated carbocycles. The molecule has 2 atom stereocenters. The minimum atomic E-state index is -0.174. The van der Waals surface area contributed by atoms with Crippen LogP contribution in [-0.4, -0.2) is 13.2 Å². The molecule has 0 bridgehead atoms. The van der Waals surface area contributed by atoms with E-state index in [-0.39, 0.29) is 10.8 Å². The van der Waals surface area contributed by atoms with Gasteiger partial charge in [-0.1, -0.05) is 56.1 Å². The van der Waals surface area contributed by atoms with Crippen LogP contribution in [-0.2, 0) is 4.74 Å². The van der Waals surface area contributed by atoms with Crippen LogP contribution in [0, 0.1) is 0 Å². The Balaban J connectivity index is 1.80. The van der Waals surface area contributed by atoms with Gasteiger partial charge in [0.1, 0.15) is 0 Å². The molecule has 2 aromatic rings. The van der Waals surface area contributed by atoms with E-state index < -0.39 is 0 Å². The SMILES string of the molecule is ClC(COCC(Cl)c1ccc(Br)cc1)c1ccc(Br)cc1. The van der Waals surface area contributed by atoms with Gasteiger partial charge in [0.25, 0.3) is 0 Å². The Kier molecular flexibility index (Phi) is 7.03. The topological polar surface area (TPSA) is 9.23 Å². The van der Waals surface area contributed by atoms with Crippen molar-refractivity contribution in [2.24, 2.45) is 0 Å². The molecular weight excluding hydrogens is 439 g/mol. The molecule has 2 unspecified atom stereocenters. The van der Waals surface area contributed by atoms with Crippen LogP contribution in [0.4, 0.5) is 0 Å². The van der Waals surface area contributed by atoms with Crippen LogP contribution in [0.15, 0.2) is 57.5 Å². The summed E-state index contributed by atoms with van der Waals surface area (Å²) >= 11 is 19.4. The first-order valence-electron chi connectivity index (χ1n) is 6.43. The highest BCUT2D eigenvalue weighted by molar-refractivity contribution is 9.10. The Labute approximate surface area is 151 Å². The van der Waals surface area contributed by atoms with E-state index in [1.54, 1.807) is 0 Å². The van der Waals surface area contributed by atoms with Crippen LogP contribution >= 0.6 is 55.1 Å². The van der Waals surface area contributed by atoms with Crippen LogP contribution < -0.4 is 0 Å². The van der Waals surface area contributed by atoms with Crippen molar-refractivity contribution in [1.29, 1.82) is 0 Å². The second-order valence-electron chi connectivity index (χ2n) is 4.58. The van der Waals surface area contributed by atoms with Crippen molar-refractivity contribution in [3.8, 4) is 0 Å². The van der Waals surface area contributed by atoms with Crippen LogP contribution in [0.5, 0.6) is 0 Å². The quantitative estimate of drug-likeness (QED) is 0.455. The normalized spacial score (nSPS) is 13.9. The Morgan fingerprint density at radius 3 is 1.38 bits per heavy atom. The van der Waals surface area contributed by atoms with Crippen molar-refractivity contribution < 1.29 is 4.74 Å². The summed E-state index contributed by atoms with van der Waals surface area (Å²) in [5.74, 6) is 0.